The van der Waals surface area contributed by atoms with Crippen molar-refractivity contribution in [3.05, 3.63) is 15.6 Å². The molecule has 0 bridgehead atoms. The fourth-order valence-electron chi connectivity index (χ4n) is 2.18. The number of hydrogen-bond acceptors (Lipinski definition) is 5. The van der Waals surface area contributed by atoms with Crippen LogP contribution in [0.3, 0.4) is 0 Å². The van der Waals surface area contributed by atoms with E-state index in [0.717, 1.165) is 48.1 Å². The summed E-state index contributed by atoms with van der Waals surface area (Å²) in [6.07, 6.45) is 2.82. The normalized spacial score (nSPS) is 30.1. The van der Waals surface area contributed by atoms with Crippen LogP contribution in [0.15, 0.2) is 0 Å². The predicted molar refractivity (Wildman–Crippen MR) is 66.0 cm³/mol. The van der Waals surface area contributed by atoms with Gasteiger partial charge in [0.05, 0.1) is 18.4 Å². The molecule has 1 aliphatic carbocycles. The first-order valence-electron chi connectivity index (χ1n) is 5.71. The third-order valence-corrected chi connectivity index (χ3v) is 5.25. The van der Waals surface area contributed by atoms with E-state index >= 15 is 0 Å². The minimum absolute atomic E-state index is 0.154. The molecule has 2 atom stereocenters. The van der Waals surface area contributed by atoms with Crippen LogP contribution in [-0.2, 0) is 11.2 Å². The van der Waals surface area contributed by atoms with Crippen LogP contribution in [-0.4, -0.2) is 28.2 Å². The van der Waals surface area contributed by atoms with Crippen molar-refractivity contribution in [3.8, 4) is 0 Å². The average Bonchev–Trinajstić information content (AvgIpc) is 2.76. The summed E-state index contributed by atoms with van der Waals surface area (Å²) < 4.78 is 5.72. The Morgan fingerprint density at radius 3 is 3.12 bits per heavy atom. The van der Waals surface area contributed by atoms with Crippen molar-refractivity contribution in [3.63, 3.8) is 0 Å². The fourth-order valence-corrected chi connectivity index (χ4v) is 4.35. The zero-order valence-electron chi connectivity index (χ0n) is 9.02. The van der Waals surface area contributed by atoms with Crippen LogP contribution in [0.2, 0.25) is 0 Å². The lowest BCUT2D eigenvalue weighted by atomic mass is 10.0. The van der Waals surface area contributed by atoms with Crippen LogP contribution in [0.1, 0.15) is 40.6 Å². The Balaban J connectivity index is 1.85. The predicted octanol–water partition coefficient (Wildman–Crippen LogP) is 2.32. The highest BCUT2D eigenvalue weighted by molar-refractivity contribution is 7.99. The van der Waals surface area contributed by atoms with Crippen molar-refractivity contribution in [1.29, 1.82) is 0 Å². The number of aryl methyl sites for hydroxylation is 1. The smallest absolute Gasteiger partial charge is 0.123 e. The molecular formula is C11H15NO2S2. The van der Waals surface area contributed by atoms with E-state index in [0.29, 0.717) is 0 Å². The van der Waals surface area contributed by atoms with Crippen LogP contribution in [0.5, 0.6) is 0 Å². The van der Waals surface area contributed by atoms with Gasteiger partial charge >= 0.3 is 0 Å². The zero-order valence-corrected chi connectivity index (χ0v) is 10.6. The van der Waals surface area contributed by atoms with Gasteiger partial charge in [0.2, 0.25) is 0 Å². The quantitative estimate of drug-likeness (QED) is 0.838. The number of ether oxygens (including phenoxy) is 1. The van der Waals surface area contributed by atoms with Crippen molar-refractivity contribution in [2.75, 3.05) is 18.1 Å². The molecule has 1 N–H and O–H groups in total. The summed E-state index contributed by atoms with van der Waals surface area (Å²) in [6.45, 7) is 0.822. The molecule has 1 saturated heterocycles. The second-order valence-corrected chi connectivity index (χ2v) is 6.47. The van der Waals surface area contributed by atoms with Gasteiger partial charge in [-0.3, -0.25) is 0 Å². The van der Waals surface area contributed by atoms with Gasteiger partial charge in [0.15, 0.2) is 0 Å². The van der Waals surface area contributed by atoms with Gasteiger partial charge in [-0.05, 0) is 19.3 Å². The molecular weight excluding hydrogens is 242 g/mol. The van der Waals surface area contributed by atoms with Gasteiger partial charge in [-0.2, -0.15) is 11.8 Å². The third-order valence-electron chi connectivity index (χ3n) is 3.03. The summed E-state index contributed by atoms with van der Waals surface area (Å²) in [5.41, 5.74) is 0.922. The molecule has 1 fully saturated rings. The minimum atomic E-state index is -0.343. The highest BCUT2D eigenvalue weighted by Gasteiger charge is 2.27. The van der Waals surface area contributed by atoms with E-state index in [-0.39, 0.29) is 12.2 Å². The molecule has 1 aromatic heterocycles. The fraction of sp³-hybridized carbons (Fsp3) is 0.727. The Morgan fingerprint density at radius 2 is 2.38 bits per heavy atom. The molecule has 3 nitrogen and oxygen atoms in total. The van der Waals surface area contributed by atoms with E-state index in [4.69, 9.17) is 4.74 Å². The van der Waals surface area contributed by atoms with Crippen molar-refractivity contribution in [2.24, 2.45) is 0 Å². The lowest BCUT2D eigenvalue weighted by Gasteiger charge is -2.19. The van der Waals surface area contributed by atoms with E-state index in [1.807, 2.05) is 11.8 Å². The molecule has 0 aromatic carbocycles. The van der Waals surface area contributed by atoms with E-state index in [9.17, 15) is 5.11 Å². The van der Waals surface area contributed by atoms with E-state index < -0.39 is 0 Å². The second kappa shape index (κ2) is 4.64. The number of aliphatic hydroxyl groups excluding tert-OH is 1. The van der Waals surface area contributed by atoms with Crippen LogP contribution < -0.4 is 0 Å². The second-order valence-electron chi connectivity index (χ2n) is 4.20. The van der Waals surface area contributed by atoms with Crippen molar-refractivity contribution in [1.82, 2.24) is 4.98 Å². The topological polar surface area (TPSA) is 42.4 Å². The maximum absolute atomic E-state index is 9.87. The average molecular weight is 257 g/mol. The molecule has 2 aliphatic rings. The summed E-state index contributed by atoms with van der Waals surface area (Å²) in [6, 6.07) is 0. The molecule has 1 aliphatic heterocycles. The Bertz CT molecular complexity index is 374. The SMILES string of the molecule is OC1CCCc2sc(C3CSCCO3)nc21. The molecule has 2 heterocycles. The Hall–Kier alpha value is -0.100. The first-order chi connectivity index (χ1) is 7.84. The highest BCUT2D eigenvalue weighted by Crippen LogP contribution is 2.37. The Labute approximate surface area is 103 Å². The minimum Gasteiger partial charge on any atom is -0.387 e. The molecule has 2 unspecified atom stereocenters. The van der Waals surface area contributed by atoms with Gasteiger partial charge in [-0.1, -0.05) is 0 Å². The lowest BCUT2D eigenvalue weighted by molar-refractivity contribution is 0.0748. The van der Waals surface area contributed by atoms with Crippen LogP contribution in [0, 0.1) is 0 Å². The van der Waals surface area contributed by atoms with Gasteiger partial charge in [-0.25, -0.2) is 4.98 Å². The van der Waals surface area contributed by atoms with Gasteiger partial charge in [0.25, 0.3) is 0 Å². The molecule has 16 heavy (non-hydrogen) atoms. The molecule has 1 aromatic rings. The Morgan fingerprint density at radius 1 is 1.44 bits per heavy atom. The molecule has 0 amide bonds. The van der Waals surface area contributed by atoms with Crippen molar-refractivity contribution < 1.29 is 9.84 Å². The summed E-state index contributed by atoms with van der Waals surface area (Å²) in [7, 11) is 0. The maximum atomic E-state index is 9.87. The van der Waals surface area contributed by atoms with Crippen LogP contribution in [0.25, 0.3) is 0 Å². The van der Waals surface area contributed by atoms with Gasteiger partial charge in [-0.15, -0.1) is 11.3 Å². The number of fused-ring (bicyclic) bond motifs is 1. The van der Waals surface area contributed by atoms with Crippen molar-refractivity contribution >= 4 is 23.1 Å². The Kier molecular flexibility index (Phi) is 3.20. The standard InChI is InChI=1S/C11H15NO2S2/c13-7-2-1-3-9-10(7)12-11(16-9)8-6-15-5-4-14-8/h7-8,13H,1-6H2. The number of thiazole rings is 1. The molecule has 0 spiro atoms. The molecule has 88 valence electrons. The highest BCUT2D eigenvalue weighted by atomic mass is 32.2. The molecule has 3 rings (SSSR count). The molecule has 0 saturated carbocycles. The number of hydrogen-bond donors (Lipinski definition) is 1. The zero-order chi connectivity index (χ0) is 11.0. The van der Waals surface area contributed by atoms with E-state index in [1.165, 1.54) is 4.88 Å². The largest absolute Gasteiger partial charge is 0.387 e. The van der Waals surface area contributed by atoms with Gasteiger partial charge < -0.3 is 9.84 Å². The summed E-state index contributed by atoms with van der Waals surface area (Å²) in [4.78, 5) is 5.86. The number of aliphatic hydroxyl groups is 1. The van der Waals surface area contributed by atoms with E-state index in [1.54, 1.807) is 11.3 Å². The molecule has 5 heteroatoms. The number of thioether (sulfide) groups is 1. The monoisotopic (exact) mass is 257 g/mol. The van der Waals surface area contributed by atoms with Crippen LogP contribution in [0.4, 0.5) is 0 Å². The first kappa shape index (κ1) is 11.0. The summed E-state index contributed by atoms with van der Waals surface area (Å²) in [5, 5.41) is 10.9. The maximum Gasteiger partial charge on any atom is 0.123 e. The number of aromatic nitrogens is 1. The first-order valence-corrected chi connectivity index (χ1v) is 7.68. The van der Waals surface area contributed by atoms with E-state index in [2.05, 4.69) is 4.98 Å². The number of nitrogens with zero attached hydrogens (tertiary/aromatic N) is 1. The van der Waals surface area contributed by atoms with Crippen LogP contribution >= 0.6 is 23.1 Å². The van der Waals surface area contributed by atoms with Gasteiger partial charge in [0, 0.05) is 16.4 Å². The lowest BCUT2D eigenvalue weighted by Crippen LogP contribution is -2.15. The summed E-state index contributed by atoms with van der Waals surface area (Å²) in [5.74, 6) is 2.09. The number of rotatable bonds is 1. The van der Waals surface area contributed by atoms with Crippen molar-refractivity contribution in [2.45, 2.75) is 31.5 Å². The summed E-state index contributed by atoms with van der Waals surface area (Å²) >= 11 is 3.66. The third kappa shape index (κ3) is 2.01. The van der Waals surface area contributed by atoms with Gasteiger partial charge in [0.1, 0.15) is 11.1 Å². The molecule has 0 radical (unpaired) electrons.